The monoisotopic (exact) mass is 550 g/mol. The smallest absolute Gasteiger partial charge is 0.259 e. The van der Waals surface area contributed by atoms with E-state index in [1.807, 2.05) is 54.6 Å². The summed E-state index contributed by atoms with van der Waals surface area (Å²) in [5.74, 6) is -0.235. The molecular formula is C32H27FN4O4. The van der Waals surface area contributed by atoms with E-state index in [-0.39, 0.29) is 22.4 Å². The van der Waals surface area contributed by atoms with Gasteiger partial charge in [0.05, 0.1) is 24.3 Å². The molecule has 0 atom stereocenters. The van der Waals surface area contributed by atoms with Gasteiger partial charge in [-0.3, -0.25) is 14.6 Å². The molecule has 41 heavy (non-hydrogen) atoms. The molecule has 0 saturated carbocycles. The summed E-state index contributed by atoms with van der Waals surface area (Å²) in [7, 11) is 1.79. The van der Waals surface area contributed by atoms with Crippen LogP contribution in [0.4, 0.5) is 10.1 Å². The van der Waals surface area contributed by atoms with Crippen molar-refractivity contribution in [3.63, 3.8) is 0 Å². The maximum atomic E-state index is 16.0. The summed E-state index contributed by atoms with van der Waals surface area (Å²) in [5.41, 5.74) is 1.69. The number of rotatable bonds is 5. The van der Waals surface area contributed by atoms with E-state index in [0.717, 1.165) is 16.5 Å². The van der Waals surface area contributed by atoms with E-state index in [4.69, 9.17) is 9.47 Å². The molecule has 9 heteroatoms. The van der Waals surface area contributed by atoms with Crippen LogP contribution in [-0.2, 0) is 11.2 Å². The first-order chi connectivity index (χ1) is 20.0. The third-order valence-corrected chi connectivity index (χ3v) is 7.81. The lowest BCUT2D eigenvalue weighted by atomic mass is 10.0. The number of fused-ring (bicyclic) bond motifs is 3. The van der Waals surface area contributed by atoms with Crippen LogP contribution in [0.2, 0.25) is 0 Å². The van der Waals surface area contributed by atoms with Crippen LogP contribution in [0.1, 0.15) is 16.1 Å². The highest BCUT2D eigenvalue weighted by Gasteiger charge is 2.31. The van der Waals surface area contributed by atoms with Crippen LogP contribution in [0.3, 0.4) is 0 Å². The van der Waals surface area contributed by atoms with Crippen LogP contribution in [0.15, 0.2) is 77.9 Å². The van der Waals surface area contributed by atoms with Crippen LogP contribution in [0.5, 0.6) is 11.5 Å². The third kappa shape index (κ3) is 4.29. The number of pyridine rings is 2. The average Bonchev–Trinajstić information content (AvgIpc) is 3.00. The normalized spacial score (nSPS) is 14.1. The van der Waals surface area contributed by atoms with Crippen molar-refractivity contribution in [3.05, 3.63) is 100 Å². The fourth-order valence-corrected chi connectivity index (χ4v) is 5.67. The van der Waals surface area contributed by atoms with Crippen LogP contribution >= 0.6 is 0 Å². The number of amides is 1. The summed E-state index contributed by atoms with van der Waals surface area (Å²) in [6.45, 7) is 2.06. The van der Waals surface area contributed by atoms with E-state index >= 15 is 4.39 Å². The Balaban J connectivity index is 1.43. The zero-order chi connectivity index (χ0) is 28.1. The second kappa shape index (κ2) is 10.0. The number of carbonyl (C=O) groups excluding carboxylic acids is 1. The van der Waals surface area contributed by atoms with Crippen molar-refractivity contribution in [2.24, 2.45) is 0 Å². The van der Waals surface area contributed by atoms with Gasteiger partial charge in [-0.15, -0.1) is 0 Å². The van der Waals surface area contributed by atoms with Gasteiger partial charge < -0.3 is 23.8 Å². The molecule has 2 aliphatic heterocycles. The average molecular weight is 551 g/mol. The molecule has 0 N–H and O–H groups in total. The summed E-state index contributed by atoms with van der Waals surface area (Å²) >= 11 is 0. The molecule has 5 aromatic rings. The number of benzene rings is 3. The Hall–Kier alpha value is -4.76. The SMILES string of the molecule is CN(CCc1ccccn1)c1c(F)cc2c(=O)c(C(=O)N3CCOCC3)cn3c2c1Oc1cc2ccccc2cc1-3. The Morgan fingerprint density at radius 2 is 1.80 bits per heavy atom. The molecule has 4 heterocycles. The molecule has 1 saturated heterocycles. The minimum Gasteiger partial charge on any atom is -0.451 e. The summed E-state index contributed by atoms with van der Waals surface area (Å²) in [4.78, 5) is 35.1. The molecular weight excluding hydrogens is 523 g/mol. The number of hydrogen-bond acceptors (Lipinski definition) is 6. The molecule has 0 unspecified atom stereocenters. The predicted molar refractivity (Wildman–Crippen MR) is 155 cm³/mol. The van der Waals surface area contributed by atoms with Crippen molar-refractivity contribution in [3.8, 4) is 17.2 Å². The van der Waals surface area contributed by atoms with E-state index < -0.39 is 17.2 Å². The van der Waals surface area contributed by atoms with E-state index in [1.165, 1.54) is 6.07 Å². The standard InChI is InChI=1S/C32H27FN4O4/c1-35(11-9-22-8-4-5-10-34-22)29-25(33)18-23-28-31(29)41-27-17-21-7-3-2-6-20(21)16-26(27)37(28)19-24(30(23)38)32(39)36-12-14-40-15-13-36/h2-8,10,16-19H,9,11-15H2,1H3. The molecule has 3 aromatic carbocycles. The first-order valence-electron chi connectivity index (χ1n) is 13.6. The van der Waals surface area contributed by atoms with Gasteiger partial charge in [0.25, 0.3) is 5.91 Å². The van der Waals surface area contributed by atoms with Crippen molar-refractivity contribution >= 4 is 33.3 Å². The number of aromatic nitrogens is 2. The molecule has 1 fully saturated rings. The Bertz CT molecular complexity index is 1880. The van der Waals surface area contributed by atoms with Gasteiger partial charge in [0.1, 0.15) is 16.8 Å². The number of nitrogens with zero attached hydrogens (tertiary/aromatic N) is 4. The molecule has 206 valence electrons. The highest BCUT2D eigenvalue weighted by Crippen LogP contribution is 2.47. The minimum absolute atomic E-state index is 0.0120. The fraction of sp³-hybridized carbons (Fsp3) is 0.219. The number of carbonyl (C=O) groups is 1. The third-order valence-electron chi connectivity index (χ3n) is 7.81. The second-order valence-electron chi connectivity index (χ2n) is 10.3. The van der Waals surface area contributed by atoms with Crippen LogP contribution < -0.4 is 15.1 Å². The first-order valence-corrected chi connectivity index (χ1v) is 13.6. The number of anilines is 1. The zero-order valence-electron chi connectivity index (χ0n) is 22.5. The highest BCUT2D eigenvalue weighted by atomic mass is 19.1. The van der Waals surface area contributed by atoms with Gasteiger partial charge in [-0.2, -0.15) is 0 Å². The maximum Gasteiger partial charge on any atom is 0.259 e. The molecule has 0 bridgehead atoms. The Labute approximate surface area is 235 Å². The van der Waals surface area contributed by atoms with Gasteiger partial charge in [0.15, 0.2) is 17.3 Å². The minimum atomic E-state index is -0.597. The van der Waals surface area contributed by atoms with Crippen molar-refractivity contribution in [2.45, 2.75) is 6.42 Å². The predicted octanol–water partition coefficient (Wildman–Crippen LogP) is 4.94. The summed E-state index contributed by atoms with van der Waals surface area (Å²) in [6.07, 6.45) is 3.90. The van der Waals surface area contributed by atoms with Gasteiger partial charge in [-0.1, -0.05) is 30.3 Å². The Morgan fingerprint density at radius 3 is 2.56 bits per heavy atom. The summed E-state index contributed by atoms with van der Waals surface area (Å²) in [6, 6.07) is 18.7. The molecule has 0 spiro atoms. The van der Waals surface area contributed by atoms with Crippen molar-refractivity contribution in [2.75, 3.05) is 44.8 Å². The van der Waals surface area contributed by atoms with Gasteiger partial charge in [0, 0.05) is 51.2 Å². The molecule has 0 radical (unpaired) electrons. The zero-order valence-corrected chi connectivity index (χ0v) is 22.5. The highest BCUT2D eigenvalue weighted by molar-refractivity contribution is 6.02. The number of morpholine rings is 1. The first kappa shape index (κ1) is 25.2. The van der Waals surface area contributed by atoms with E-state index in [1.54, 1.807) is 33.8 Å². The summed E-state index contributed by atoms with van der Waals surface area (Å²) < 4.78 is 29.6. The van der Waals surface area contributed by atoms with Crippen LogP contribution in [0.25, 0.3) is 27.4 Å². The fourth-order valence-electron chi connectivity index (χ4n) is 5.67. The quantitative estimate of drug-likeness (QED) is 0.303. The number of halogens is 1. The van der Waals surface area contributed by atoms with E-state index in [0.29, 0.717) is 56.2 Å². The van der Waals surface area contributed by atoms with Crippen molar-refractivity contribution in [1.82, 2.24) is 14.5 Å². The molecule has 2 aromatic heterocycles. The van der Waals surface area contributed by atoms with E-state index in [9.17, 15) is 9.59 Å². The number of ether oxygens (including phenoxy) is 2. The maximum absolute atomic E-state index is 16.0. The van der Waals surface area contributed by atoms with Crippen molar-refractivity contribution < 1.29 is 18.7 Å². The van der Waals surface area contributed by atoms with Crippen LogP contribution in [0, 0.1) is 5.82 Å². The molecule has 2 aliphatic rings. The number of likely N-dealkylation sites (N-methyl/N-ethyl adjacent to an activating group) is 1. The van der Waals surface area contributed by atoms with Gasteiger partial charge in [-0.25, -0.2) is 4.39 Å². The summed E-state index contributed by atoms with van der Waals surface area (Å²) in [5, 5.41) is 2.02. The molecule has 7 rings (SSSR count). The lowest BCUT2D eigenvalue weighted by molar-refractivity contribution is 0.0302. The molecule has 8 nitrogen and oxygen atoms in total. The van der Waals surface area contributed by atoms with Crippen LogP contribution in [-0.4, -0.2) is 60.3 Å². The van der Waals surface area contributed by atoms with Gasteiger partial charge in [0.2, 0.25) is 5.43 Å². The largest absolute Gasteiger partial charge is 0.451 e. The lowest BCUT2D eigenvalue weighted by Crippen LogP contribution is -2.42. The van der Waals surface area contributed by atoms with Gasteiger partial charge in [-0.05, 0) is 41.1 Å². The lowest BCUT2D eigenvalue weighted by Gasteiger charge is -2.30. The topological polar surface area (TPSA) is 76.9 Å². The van der Waals surface area contributed by atoms with Gasteiger partial charge >= 0.3 is 0 Å². The Morgan fingerprint density at radius 1 is 1.05 bits per heavy atom. The second-order valence-corrected chi connectivity index (χ2v) is 10.3. The van der Waals surface area contributed by atoms with Crippen molar-refractivity contribution in [1.29, 1.82) is 0 Å². The molecule has 1 amide bonds. The number of hydrogen-bond donors (Lipinski definition) is 0. The van der Waals surface area contributed by atoms with E-state index in [2.05, 4.69) is 4.98 Å². The molecule has 0 aliphatic carbocycles. The Kier molecular flexibility index (Phi) is 6.16.